The fourth-order valence-corrected chi connectivity index (χ4v) is 1.22. The molecule has 0 spiro atoms. The summed E-state index contributed by atoms with van der Waals surface area (Å²) in [6.45, 7) is 1.62. The fraction of sp³-hybridized carbons (Fsp3) is 0.222. The van der Waals surface area contributed by atoms with Gasteiger partial charge in [0.1, 0.15) is 5.82 Å². The molecule has 16 heavy (non-hydrogen) atoms. The van der Waals surface area contributed by atoms with Crippen molar-refractivity contribution in [2.75, 3.05) is 6.61 Å². The maximum absolute atomic E-state index is 13.2. The van der Waals surface area contributed by atoms with Gasteiger partial charge in [-0.25, -0.2) is 9.18 Å². The highest BCUT2D eigenvalue weighted by atomic mass is 35.5. The van der Waals surface area contributed by atoms with Gasteiger partial charge < -0.3 is 4.74 Å². The van der Waals surface area contributed by atoms with Crippen molar-refractivity contribution in [2.45, 2.75) is 6.92 Å². The van der Waals surface area contributed by atoms with E-state index in [0.29, 0.717) is 6.07 Å². The van der Waals surface area contributed by atoms with Crippen LogP contribution in [0.2, 0.25) is 5.02 Å². The summed E-state index contributed by atoms with van der Waals surface area (Å²) in [7, 11) is 0. The number of rotatable bonds is 3. The molecule has 0 bridgehead atoms. The minimum atomic E-state index is -1.03. The van der Waals surface area contributed by atoms with Crippen LogP contribution in [0, 0.1) is 15.9 Å². The number of ether oxygens (including phenoxy) is 1. The highest BCUT2D eigenvalue weighted by molar-refractivity contribution is 6.33. The maximum Gasteiger partial charge on any atom is 0.340 e. The Morgan fingerprint density at radius 1 is 1.62 bits per heavy atom. The number of nitrogens with zero attached hydrogens (tertiary/aromatic N) is 1. The summed E-state index contributed by atoms with van der Waals surface area (Å²) in [6, 6.07) is 1.52. The Labute approximate surface area is 94.9 Å². The number of carbonyl (C=O) groups is 1. The molecule has 0 saturated carbocycles. The Hall–Kier alpha value is -1.69. The van der Waals surface area contributed by atoms with Crippen LogP contribution in [0.3, 0.4) is 0 Å². The number of carbonyl (C=O) groups excluding carboxylic acids is 1. The lowest BCUT2D eigenvalue weighted by Gasteiger charge is -2.04. The van der Waals surface area contributed by atoms with Gasteiger partial charge in [0.25, 0.3) is 5.69 Å². The molecule has 7 heteroatoms. The molecule has 1 rings (SSSR count). The number of nitro benzene ring substituents is 1. The monoisotopic (exact) mass is 247 g/mol. The van der Waals surface area contributed by atoms with E-state index in [4.69, 9.17) is 11.6 Å². The third kappa shape index (κ3) is 2.46. The highest BCUT2D eigenvalue weighted by Gasteiger charge is 2.20. The lowest BCUT2D eigenvalue weighted by molar-refractivity contribution is -0.385. The molecular weight excluding hydrogens is 241 g/mol. The highest BCUT2D eigenvalue weighted by Crippen LogP contribution is 2.26. The van der Waals surface area contributed by atoms with Crippen LogP contribution >= 0.6 is 11.6 Å². The van der Waals surface area contributed by atoms with E-state index in [1.165, 1.54) is 0 Å². The summed E-state index contributed by atoms with van der Waals surface area (Å²) >= 11 is 5.50. The second-order valence-corrected chi connectivity index (χ2v) is 3.14. The second kappa shape index (κ2) is 4.89. The Morgan fingerprint density at radius 3 is 2.75 bits per heavy atom. The number of halogens is 2. The van der Waals surface area contributed by atoms with Crippen molar-refractivity contribution >= 4 is 23.3 Å². The number of non-ortho nitro benzene ring substituents is 1. The molecule has 0 amide bonds. The summed E-state index contributed by atoms with van der Waals surface area (Å²) in [5.74, 6) is -1.92. The predicted octanol–water partition coefficient (Wildman–Crippen LogP) is 2.56. The third-order valence-corrected chi connectivity index (χ3v) is 2.10. The average Bonchev–Trinajstić information content (AvgIpc) is 2.21. The largest absolute Gasteiger partial charge is 0.462 e. The zero-order valence-electron chi connectivity index (χ0n) is 8.20. The molecule has 0 saturated heterocycles. The molecular formula is C9H7ClFNO4. The fourth-order valence-electron chi connectivity index (χ4n) is 1.04. The van der Waals surface area contributed by atoms with E-state index in [2.05, 4.69) is 4.74 Å². The number of nitro groups is 1. The Bertz CT molecular complexity index is 449. The molecule has 0 aromatic heterocycles. The normalized spacial score (nSPS) is 9.94. The van der Waals surface area contributed by atoms with Gasteiger partial charge in [-0.1, -0.05) is 11.6 Å². The van der Waals surface area contributed by atoms with E-state index in [0.717, 1.165) is 6.07 Å². The SMILES string of the molecule is CCOC(=O)c1cc([N+](=O)[O-])cc(F)c1Cl. The Balaban J connectivity index is 3.26. The van der Waals surface area contributed by atoms with Crippen LogP contribution < -0.4 is 0 Å². The lowest BCUT2D eigenvalue weighted by Crippen LogP contribution is -2.07. The summed E-state index contributed by atoms with van der Waals surface area (Å²) in [5.41, 5.74) is -0.903. The van der Waals surface area contributed by atoms with Gasteiger partial charge in [0.15, 0.2) is 0 Å². The van der Waals surface area contributed by atoms with Crippen LogP contribution in [0.4, 0.5) is 10.1 Å². The first-order valence-corrected chi connectivity index (χ1v) is 4.65. The van der Waals surface area contributed by atoms with Crippen molar-refractivity contribution in [3.05, 3.63) is 38.7 Å². The standard InChI is InChI=1S/C9H7ClFNO4/c1-2-16-9(13)6-3-5(12(14)15)4-7(11)8(6)10/h3-4H,2H2,1H3. The Kier molecular flexibility index (Phi) is 3.78. The van der Waals surface area contributed by atoms with Gasteiger partial charge in [-0.3, -0.25) is 10.1 Å². The number of esters is 1. The van der Waals surface area contributed by atoms with Crippen LogP contribution in [-0.4, -0.2) is 17.5 Å². The van der Waals surface area contributed by atoms with Gasteiger partial charge in [-0.2, -0.15) is 0 Å². The van der Waals surface area contributed by atoms with Crippen LogP contribution in [-0.2, 0) is 4.74 Å². The zero-order chi connectivity index (χ0) is 12.3. The molecule has 0 N–H and O–H groups in total. The van der Waals surface area contributed by atoms with Crippen molar-refractivity contribution in [1.29, 1.82) is 0 Å². The van der Waals surface area contributed by atoms with E-state index < -0.39 is 27.4 Å². The lowest BCUT2D eigenvalue weighted by atomic mass is 10.2. The molecule has 0 fully saturated rings. The zero-order valence-corrected chi connectivity index (χ0v) is 8.95. The van der Waals surface area contributed by atoms with Crippen molar-refractivity contribution in [1.82, 2.24) is 0 Å². The van der Waals surface area contributed by atoms with Crippen LogP contribution in [0.1, 0.15) is 17.3 Å². The van der Waals surface area contributed by atoms with Crippen molar-refractivity contribution in [3.8, 4) is 0 Å². The van der Waals surface area contributed by atoms with E-state index >= 15 is 0 Å². The Morgan fingerprint density at radius 2 is 2.25 bits per heavy atom. The van der Waals surface area contributed by atoms with Gasteiger partial charge in [0, 0.05) is 6.07 Å². The van der Waals surface area contributed by atoms with Gasteiger partial charge in [-0.15, -0.1) is 0 Å². The molecule has 0 atom stereocenters. The first kappa shape index (κ1) is 12.4. The van der Waals surface area contributed by atoms with Gasteiger partial charge in [-0.05, 0) is 6.92 Å². The smallest absolute Gasteiger partial charge is 0.340 e. The summed E-state index contributed by atoms with van der Waals surface area (Å²) in [5, 5.41) is 9.96. The quantitative estimate of drug-likeness (QED) is 0.468. The molecule has 0 radical (unpaired) electrons. The number of benzene rings is 1. The van der Waals surface area contributed by atoms with Gasteiger partial charge in [0.05, 0.1) is 28.2 Å². The minimum Gasteiger partial charge on any atom is -0.462 e. The first-order chi connectivity index (χ1) is 7.47. The molecule has 0 aliphatic heterocycles. The molecule has 1 aromatic rings. The average molecular weight is 248 g/mol. The summed E-state index contributed by atoms with van der Waals surface area (Å²) in [6.07, 6.45) is 0. The topological polar surface area (TPSA) is 69.4 Å². The molecule has 0 aliphatic carbocycles. The van der Waals surface area contributed by atoms with Crippen LogP contribution in [0.15, 0.2) is 12.1 Å². The van der Waals surface area contributed by atoms with Crippen molar-refractivity contribution in [3.63, 3.8) is 0 Å². The first-order valence-electron chi connectivity index (χ1n) is 4.28. The van der Waals surface area contributed by atoms with E-state index in [-0.39, 0.29) is 12.2 Å². The summed E-state index contributed by atoms with van der Waals surface area (Å²) < 4.78 is 17.7. The maximum atomic E-state index is 13.2. The van der Waals surface area contributed by atoms with Crippen molar-refractivity contribution < 1.29 is 18.8 Å². The van der Waals surface area contributed by atoms with Gasteiger partial charge in [0.2, 0.25) is 0 Å². The molecule has 0 unspecified atom stereocenters. The number of hydrogen-bond donors (Lipinski definition) is 0. The molecule has 0 heterocycles. The van der Waals surface area contributed by atoms with Gasteiger partial charge >= 0.3 is 5.97 Å². The van der Waals surface area contributed by atoms with E-state index in [1.54, 1.807) is 6.92 Å². The third-order valence-electron chi connectivity index (χ3n) is 1.72. The predicted molar refractivity (Wildman–Crippen MR) is 54.0 cm³/mol. The van der Waals surface area contributed by atoms with Crippen LogP contribution in [0.5, 0.6) is 0 Å². The van der Waals surface area contributed by atoms with E-state index in [1.807, 2.05) is 0 Å². The molecule has 0 aliphatic rings. The molecule has 5 nitrogen and oxygen atoms in total. The van der Waals surface area contributed by atoms with Crippen molar-refractivity contribution in [2.24, 2.45) is 0 Å². The molecule has 1 aromatic carbocycles. The minimum absolute atomic E-state index is 0.0689. The van der Waals surface area contributed by atoms with Crippen LogP contribution in [0.25, 0.3) is 0 Å². The summed E-state index contributed by atoms with van der Waals surface area (Å²) in [4.78, 5) is 20.9. The number of hydrogen-bond acceptors (Lipinski definition) is 4. The second-order valence-electron chi connectivity index (χ2n) is 2.77. The van der Waals surface area contributed by atoms with E-state index in [9.17, 15) is 19.3 Å². The molecule has 86 valence electrons.